The second-order valence-corrected chi connectivity index (χ2v) is 6.39. The largest absolute Gasteiger partial charge is 0.351 e. The maximum absolute atomic E-state index is 12.1. The molecular weight excluding hydrogens is 349 g/mol. The second-order valence-electron chi connectivity index (χ2n) is 4.40. The van der Waals surface area contributed by atoms with Gasteiger partial charge in [0.15, 0.2) is 0 Å². The molecule has 0 aromatic heterocycles. The quantitative estimate of drug-likeness (QED) is 0.711. The number of hydrogen-bond donors (Lipinski definition) is 1. The monoisotopic (exact) mass is 365 g/mol. The number of carbonyl (C=O) groups is 1. The number of alkyl halides is 1. The lowest BCUT2D eigenvalue weighted by molar-refractivity contribution is 0.0952. The van der Waals surface area contributed by atoms with Crippen LogP contribution in [0.15, 0.2) is 18.2 Å². The zero-order valence-corrected chi connectivity index (χ0v) is 14.1. The fourth-order valence-electron chi connectivity index (χ4n) is 1.96. The van der Waals surface area contributed by atoms with Gasteiger partial charge in [0.2, 0.25) is 0 Å². The Bertz CT molecular complexity index is 415. The molecule has 1 aromatic carbocycles. The first kappa shape index (κ1) is 16.8. The Morgan fingerprint density at radius 1 is 1.26 bits per heavy atom. The smallest absolute Gasteiger partial charge is 0.254 e. The Balaban J connectivity index is 2.66. The van der Waals surface area contributed by atoms with Crippen LogP contribution in [0.2, 0.25) is 10.0 Å². The van der Waals surface area contributed by atoms with Crippen molar-refractivity contribution in [3.05, 3.63) is 33.8 Å². The number of amides is 1. The van der Waals surface area contributed by atoms with Crippen molar-refractivity contribution in [1.29, 1.82) is 0 Å². The summed E-state index contributed by atoms with van der Waals surface area (Å²) in [4.78, 5) is 12.3. The molecule has 1 unspecified atom stereocenters. The lowest BCUT2D eigenvalue weighted by Gasteiger charge is -2.20. The highest BCUT2D eigenvalue weighted by Crippen LogP contribution is 2.24. The molecule has 1 atom stereocenters. The summed E-state index contributed by atoms with van der Waals surface area (Å²) in [6.45, 7) is 4.86. The van der Waals surface area contributed by atoms with Crippen LogP contribution in [-0.4, -0.2) is 17.3 Å². The Kier molecular flexibility index (Phi) is 7.19. The van der Waals surface area contributed by atoms with E-state index in [9.17, 15) is 4.79 Å². The minimum Gasteiger partial charge on any atom is -0.351 e. The first-order chi connectivity index (χ1) is 9.01. The third-order valence-electron chi connectivity index (χ3n) is 3.21. The van der Waals surface area contributed by atoms with Gasteiger partial charge >= 0.3 is 0 Å². The number of rotatable bonds is 6. The Morgan fingerprint density at radius 3 is 2.26 bits per heavy atom. The molecule has 106 valence electrons. The van der Waals surface area contributed by atoms with Crippen molar-refractivity contribution in [3.8, 4) is 0 Å². The minimum absolute atomic E-state index is 0.231. The van der Waals surface area contributed by atoms with E-state index >= 15 is 0 Å². The van der Waals surface area contributed by atoms with Crippen molar-refractivity contribution in [2.45, 2.75) is 31.5 Å². The molecular formula is C14H18BrCl2NO. The summed E-state index contributed by atoms with van der Waals surface area (Å²) in [6, 6.07) is 5.04. The van der Waals surface area contributed by atoms with Crippen molar-refractivity contribution in [2.75, 3.05) is 6.54 Å². The van der Waals surface area contributed by atoms with E-state index in [0.29, 0.717) is 28.1 Å². The third kappa shape index (κ3) is 4.66. The molecule has 5 heteroatoms. The van der Waals surface area contributed by atoms with Crippen LogP contribution in [0.3, 0.4) is 0 Å². The first-order valence-electron chi connectivity index (χ1n) is 6.37. The fourth-order valence-corrected chi connectivity index (χ4v) is 3.44. The van der Waals surface area contributed by atoms with Crippen LogP contribution in [0.25, 0.3) is 0 Å². The zero-order chi connectivity index (χ0) is 14.4. The maximum Gasteiger partial charge on any atom is 0.254 e. The van der Waals surface area contributed by atoms with E-state index in [-0.39, 0.29) is 10.7 Å². The van der Waals surface area contributed by atoms with Gasteiger partial charge in [-0.05, 0) is 18.1 Å². The van der Waals surface area contributed by atoms with E-state index in [1.807, 2.05) is 0 Å². The van der Waals surface area contributed by atoms with E-state index < -0.39 is 0 Å². The minimum atomic E-state index is -0.231. The van der Waals surface area contributed by atoms with Crippen LogP contribution in [-0.2, 0) is 0 Å². The van der Waals surface area contributed by atoms with Gasteiger partial charge in [-0.3, -0.25) is 4.79 Å². The first-order valence-corrected chi connectivity index (χ1v) is 8.04. The van der Waals surface area contributed by atoms with Gasteiger partial charge in [0.1, 0.15) is 0 Å². The lowest BCUT2D eigenvalue weighted by Crippen LogP contribution is -2.33. The molecule has 0 aliphatic rings. The molecule has 1 N–H and O–H groups in total. The molecule has 19 heavy (non-hydrogen) atoms. The molecule has 0 spiro atoms. The average Bonchev–Trinajstić information content (AvgIpc) is 2.37. The molecule has 1 amide bonds. The van der Waals surface area contributed by atoms with Crippen molar-refractivity contribution in [1.82, 2.24) is 5.32 Å². The molecule has 1 rings (SSSR count). The highest BCUT2D eigenvalue weighted by atomic mass is 79.9. The highest BCUT2D eigenvalue weighted by Gasteiger charge is 2.18. The van der Waals surface area contributed by atoms with E-state index in [1.54, 1.807) is 18.2 Å². The van der Waals surface area contributed by atoms with Gasteiger partial charge in [0, 0.05) is 11.4 Å². The van der Waals surface area contributed by atoms with Crippen LogP contribution in [0.5, 0.6) is 0 Å². The maximum atomic E-state index is 12.1. The standard InChI is InChI=1S/C14H18BrCl2NO/c1-3-9(4-2)10(15)8-18-14(19)13-11(16)6-5-7-12(13)17/h5-7,9-10H,3-4,8H2,1-2H3,(H,18,19). The van der Waals surface area contributed by atoms with E-state index in [1.165, 1.54) is 0 Å². The number of hydrogen-bond acceptors (Lipinski definition) is 1. The molecule has 0 bridgehead atoms. The zero-order valence-electron chi connectivity index (χ0n) is 11.1. The summed E-state index contributed by atoms with van der Waals surface area (Å²) in [5, 5.41) is 3.62. The highest BCUT2D eigenvalue weighted by molar-refractivity contribution is 9.09. The SMILES string of the molecule is CCC(CC)C(Br)CNC(=O)c1c(Cl)cccc1Cl. The van der Waals surface area contributed by atoms with Gasteiger partial charge in [0.05, 0.1) is 15.6 Å². The summed E-state index contributed by atoms with van der Waals surface area (Å²) < 4.78 is 0. The summed E-state index contributed by atoms with van der Waals surface area (Å²) in [5.41, 5.74) is 0.343. The molecule has 0 aliphatic heterocycles. The molecule has 0 saturated heterocycles. The molecule has 2 nitrogen and oxygen atoms in total. The normalized spacial score (nSPS) is 12.5. The van der Waals surface area contributed by atoms with E-state index in [0.717, 1.165) is 12.8 Å². The number of benzene rings is 1. The Morgan fingerprint density at radius 2 is 1.79 bits per heavy atom. The topological polar surface area (TPSA) is 29.1 Å². The molecule has 0 heterocycles. The third-order valence-corrected chi connectivity index (χ3v) is 4.91. The number of halogens is 3. The second kappa shape index (κ2) is 8.13. The number of nitrogens with one attached hydrogen (secondary N) is 1. The lowest BCUT2D eigenvalue weighted by atomic mass is 9.99. The summed E-state index contributed by atoms with van der Waals surface area (Å²) in [7, 11) is 0. The predicted molar refractivity (Wildman–Crippen MR) is 85.6 cm³/mol. The van der Waals surface area contributed by atoms with Gasteiger partial charge in [-0.2, -0.15) is 0 Å². The molecule has 0 saturated carbocycles. The van der Waals surface area contributed by atoms with Gasteiger partial charge in [-0.1, -0.05) is 71.9 Å². The Hall–Kier alpha value is -0.250. The molecule has 0 aliphatic carbocycles. The summed E-state index contributed by atoms with van der Waals surface area (Å²) >= 11 is 15.6. The van der Waals surface area contributed by atoms with Crippen molar-refractivity contribution in [2.24, 2.45) is 5.92 Å². The van der Waals surface area contributed by atoms with Crippen molar-refractivity contribution >= 4 is 45.0 Å². The van der Waals surface area contributed by atoms with Gasteiger partial charge in [-0.15, -0.1) is 0 Å². The van der Waals surface area contributed by atoms with Crippen molar-refractivity contribution < 1.29 is 4.79 Å². The van der Waals surface area contributed by atoms with Crippen LogP contribution >= 0.6 is 39.1 Å². The van der Waals surface area contributed by atoms with Crippen LogP contribution in [0, 0.1) is 5.92 Å². The Labute approximate surface area is 133 Å². The van der Waals surface area contributed by atoms with E-state index in [2.05, 4.69) is 35.1 Å². The predicted octanol–water partition coefficient (Wildman–Crippen LogP) is 4.92. The average molecular weight is 367 g/mol. The van der Waals surface area contributed by atoms with Crippen LogP contribution < -0.4 is 5.32 Å². The summed E-state index contributed by atoms with van der Waals surface area (Å²) in [5.74, 6) is 0.313. The van der Waals surface area contributed by atoms with Gasteiger partial charge in [-0.25, -0.2) is 0 Å². The van der Waals surface area contributed by atoms with Crippen LogP contribution in [0.4, 0.5) is 0 Å². The van der Waals surface area contributed by atoms with Gasteiger partial charge < -0.3 is 5.32 Å². The molecule has 0 fully saturated rings. The van der Waals surface area contributed by atoms with Crippen LogP contribution in [0.1, 0.15) is 37.0 Å². The van der Waals surface area contributed by atoms with Crippen molar-refractivity contribution in [3.63, 3.8) is 0 Å². The van der Waals surface area contributed by atoms with Gasteiger partial charge in [0.25, 0.3) is 5.91 Å². The number of carbonyl (C=O) groups excluding carboxylic acids is 1. The summed E-state index contributed by atoms with van der Waals surface area (Å²) in [6.07, 6.45) is 2.16. The molecule has 0 radical (unpaired) electrons. The molecule has 1 aromatic rings. The van der Waals surface area contributed by atoms with E-state index in [4.69, 9.17) is 23.2 Å². The fraction of sp³-hybridized carbons (Fsp3) is 0.500.